The summed E-state index contributed by atoms with van der Waals surface area (Å²) in [5, 5.41) is 20.9. The largest absolute Gasteiger partial charge is 0.478 e. The van der Waals surface area contributed by atoms with Gasteiger partial charge in [-0.05, 0) is 64.7 Å². The summed E-state index contributed by atoms with van der Waals surface area (Å²) in [6.45, 7) is 9.95. The van der Waals surface area contributed by atoms with Gasteiger partial charge in [0.1, 0.15) is 6.79 Å². The maximum atomic E-state index is 13.9. The smallest absolute Gasteiger partial charge is 0.333 e. The summed E-state index contributed by atoms with van der Waals surface area (Å²) >= 11 is 0. The Hall–Kier alpha value is -2.22. The SMILES string of the molecule is COCO[C@H]1/C(C(=O)O)=C/CCC[C@@H](C)OC(=O)[C@@]2(C)[C@@H](/C=C/C=C/[C@@H]1C)C(C)=C[C@H]1[C@H](O)[C@@H](C)CC[C@@H]12. The fourth-order valence-corrected chi connectivity index (χ4v) is 6.62. The van der Waals surface area contributed by atoms with Crippen molar-refractivity contribution in [3.63, 3.8) is 0 Å². The van der Waals surface area contributed by atoms with Crippen LogP contribution in [0.25, 0.3) is 0 Å². The molecule has 9 atom stereocenters. The zero-order chi connectivity index (χ0) is 28.0. The quantitative estimate of drug-likeness (QED) is 0.283. The number of carboxylic acids is 1. The molecule has 0 bridgehead atoms. The second kappa shape index (κ2) is 13.2. The summed E-state index contributed by atoms with van der Waals surface area (Å²) in [6.07, 6.45) is 13.8. The molecule has 2 N–H and O–H groups in total. The number of carboxylic acid groups (broad SMARTS) is 1. The fourth-order valence-electron chi connectivity index (χ4n) is 6.62. The monoisotopic (exact) mass is 530 g/mol. The van der Waals surface area contributed by atoms with Gasteiger partial charge in [-0.25, -0.2) is 4.79 Å². The molecule has 38 heavy (non-hydrogen) atoms. The highest BCUT2D eigenvalue weighted by Crippen LogP contribution is 2.55. The molecule has 0 aromatic carbocycles. The van der Waals surface area contributed by atoms with Crippen molar-refractivity contribution in [2.75, 3.05) is 13.9 Å². The van der Waals surface area contributed by atoms with Crippen LogP contribution in [0.4, 0.5) is 0 Å². The van der Waals surface area contributed by atoms with Crippen molar-refractivity contribution >= 4 is 11.9 Å². The van der Waals surface area contributed by atoms with E-state index in [9.17, 15) is 19.8 Å². The van der Waals surface area contributed by atoms with E-state index in [1.165, 1.54) is 7.11 Å². The lowest BCUT2D eigenvalue weighted by Gasteiger charge is -2.52. The molecule has 1 heterocycles. The molecule has 0 amide bonds. The molecule has 0 saturated heterocycles. The van der Waals surface area contributed by atoms with Gasteiger partial charge in [0.05, 0.1) is 29.3 Å². The van der Waals surface area contributed by atoms with E-state index in [4.69, 9.17) is 14.2 Å². The number of rotatable bonds is 4. The maximum absolute atomic E-state index is 13.9. The number of fused-ring (bicyclic) bond motifs is 3. The van der Waals surface area contributed by atoms with Crippen molar-refractivity contribution in [2.24, 2.45) is 35.0 Å². The van der Waals surface area contributed by atoms with E-state index in [-0.39, 0.29) is 54.0 Å². The number of allylic oxidation sites excluding steroid dienone is 5. The molecular formula is C31H46O7. The van der Waals surface area contributed by atoms with Crippen molar-refractivity contribution in [3.05, 3.63) is 47.6 Å². The Bertz CT molecular complexity index is 963. The van der Waals surface area contributed by atoms with E-state index in [0.717, 1.165) is 18.4 Å². The maximum Gasteiger partial charge on any atom is 0.333 e. The van der Waals surface area contributed by atoms with Gasteiger partial charge >= 0.3 is 11.9 Å². The molecule has 0 spiro atoms. The van der Waals surface area contributed by atoms with Gasteiger partial charge in [-0.2, -0.15) is 0 Å². The van der Waals surface area contributed by atoms with Gasteiger partial charge in [-0.1, -0.05) is 55.9 Å². The lowest BCUT2D eigenvalue weighted by atomic mass is 9.52. The summed E-state index contributed by atoms with van der Waals surface area (Å²) < 4.78 is 16.9. The molecule has 1 saturated carbocycles. The molecule has 1 fully saturated rings. The minimum atomic E-state index is -1.01. The first-order chi connectivity index (χ1) is 18.0. The first-order valence-electron chi connectivity index (χ1n) is 14.0. The van der Waals surface area contributed by atoms with Crippen molar-refractivity contribution in [3.8, 4) is 0 Å². The number of aliphatic hydroxyl groups is 1. The number of hydrogen-bond acceptors (Lipinski definition) is 6. The molecule has 3 aliphatic rings. The number of hydrogen-bond donors (Lipinski definition) is 2. The molecule has 7 nitrogen and oxygen atoms in total. The van der Waals surface area contributed by atoms with E-state index in [2.05, 4.69) is 13.0 Å². The van der Waals surface area contributed by atoms with Gasteiger partial charge in [-0.15, -0.1) is 0 Å². The van der Waals surface area contributed by atoms with Crippen LogP contribution in [0.5, 0.6) is 0 Å². The number of ether oxygens (including phenoxy) is 3. The highest BCUT2D eigenvalue weighted by atomic mass is 16.7. The number of cyclic esters (lactones) is 1. The lowest BCUT2D eigenvalue weighted by molar-refractivity contribution is -0.172. The van der Waals surface area contributed by atoms with Gasteiger partial charge in [0.15, 0.2) is 0 Å². The number of carbonyl (C=O) groups excluding carboxylic acids is 1. The van der Waals surface area contributed by atoms with Crippen LogP contribution in [-0.4, -0.2) is 54.4 Å². The zero-order valence-corrected chi connectivity index (χ0v) is 23.8. The number of aliphatic carboxylic acids is 1. The Morgan fingerprint density at radius 1 is 1.16 bits per heavy atom. The Morgan fingerprint density at radius 3 is 2.55 bits per heavy atom. The van der Waals surface area contributed by atoms with Crippen molar-refractivity contribution in [1.29, 1.82) is 0 Å². The number of methoxy groups -OCH3 is 1. The van der Waals surface area contributed by atoms with Crippen molar-refractivity contribution < 1.29 is 34.0 Å². The van der Waals surface area contributed by atoms with Crippen LogP contribution in [0.2, 0.25) is 0 Å². The molecule has 7 heteroatoms. The second-order valence-electron chi connectivity index (χ2n) is 11.6. The number of carbonyl (C=O) groups is 2. The average Bonchev–Trinajstić information content (AvgIpc) is 2.86. The molecule has 1 aliphatic heterocycles. The molecule has 0 radical (unpaired) electrons. The fraction of sp³-hybridized carbons (Fsp3) is 0.677. The van der Waals surface area contributed by atoms with E-state index in [0.29, 0.717) is 19.3 Å². The van der Waals surface area contributed by atoms with E-state index in [1.54, 1.807) is 6.08 Å². The number of esters is 1. The molecule has 3 rings (SSSR count). The zero-order valence-electron chi connectivity index (χ0n) is 23.8. The summed E-state index contributed by atoms with van der Waals surface area (Å²) in [5.41, 5.74) is 0.462. The summed E-state index contributed by atoms with van der Waals surface area (Å²) in [4.78, 5) is 26.0. The Labute approximate surface area is 227 Å². The van der Waals surface area contributed by atoms with Gasteiger partial charge in [-0.3, -0.25) is 4.79 Å². The Morgan fingerprint density at radius 2 is 1.87 bits per heavy atom. The van der Waals surface area contributed by atoms with Crippen LogP contribution in [0.1, 0.15) is 66.7 Å². The van der Waals surface area contributed by atoms with E-state index in [1.807, 2.05) is 52.0 Å². The normalized spacial score (nSPS) is 41.9. The lowest BCUT2D eigenvalue weighted by Crippen LogP contribution is -2.54. The minimum absolute atomic E-state index is 0.00622. The van der Waals surface area contributed by atoms with Crippen LogP contribution in [0, 0.1) is 35.0 Å². The van der Waals surface area contributed by atoms with Crippen molar-refractivity contribution in [1.82, 2.24) is 0 Å². The van der Waals surface area contributed by atoms with Gasteiger partial charge < -0.3 is 24.4 Å². The third kappa shape index (κ3) is 6.49. The Kier molecular flexibility index (Phi) is 10.6. The van der Waals surface area contributed by atoms with E-state index >= 15 is 0 Å². The van der Waals surface area contributed by atoms with Crippen molar-refractivity contribution in [2.45, 2.75) is 85.0 Å². The molecular weight excluding hydrogens is 484 g/mol. The average molecular weight is 531 g/mol. The molecule has 0 aromatic rings. The third-order valence-corrected chi connectivity index (χ3v) is 8.89. The van der Waals surface area contributed by atoms with Crippen LogP contribution in [0.3, 0.4) is 0 Å². The van der Waals surface area contributed by atoms with Gasteiger partial charge in [0, 0.05) is 24.9 Å². The summed E-state index contributed by atoms with van der Waals surface area (Å²) in [7, 11) is 1.51. The predicted molar refractivity (Wildman–Crippen MR) is 146 cm³/mol. The highest BCUT2D eigenvalue weighted by molar-refractivity contribution is 5.87. The van der Waals surface area contributed by atoms with Crippen LogP contribution >= 0.6 is 0 Å². The van der Waals surface area contributed by atoms with Crippen LogP contribution in [-0.2, 0) is 23.8 Å². The van der Waals surface area contributed by atoms with Crippen LogP contribution in [0.15, 0.2) is 47.6 Å². The predicted octanol–water partition coefficient (Wildman–Crippen LogP) is 5.46. The molecule has 2 aliphatic carbocycles. The molecule has 0 unspecified atom stereocenters. The molecule has 0 aromatic heterocycles. The summed E-state index contributed by atoms with van der Waals surface area (Å²) in [5.74, 6) is -1.52. The summed E-state index contributed by atoms with van der Waals surface area (Å²) in [6, 6.07) is 0. The first-order valence-corrected chi connectivity index (χ1v) is 14.0. The molecule has 212 valence electrons. The standard InChI is InChI=1S/C31H46O7/c1-19-15-16-26-24(27(19)32)17-21(3)25-14-10-7-11-20(2)28(37-18-36-6)23(29(33)34)13-9-8-12-22(4)38-30(35)31(25,26)5/h7,10-11,13-14,17,19-20,22,24-28,32H,8-9,12,15-16,18H2,1-6H3,(H,33,34)/b11-7+,14-10+,23-13-/t19-,20-,22+,24+,25-,26-,27+,28+,31-/m0/s1. The number of aliphatic hydroxyl groups excluding tert-OH is 1. The van der Waals surface area contributed by atoms with Crippen LogP contribution < -0.4 is 0 Å². The minimum Gasteiger partial charge on any atom is -0.478 e. The third-order valence-electron chi connectivity index (χ3n) is 8.89. The second-order valence-corrected chi connectivity index (χ2v) is 11.6. The first kappa shape index (κ1) is 30.3. The van der Waals surface area contributed by atoms with Gasteiger partial charge in [0.2, 0.25) is 0 Å². The van der Waals surface area contributed by atoms with Gasteiger partial charge in [0.25, 0.3) is 0 Å². The Balaban J connectivity index is 2.02. The van der Waals surface area contributed by atoms with E-state index < -0.39 is 23.6 Å². The highest BCUT2D eigenvalue weighted by Gasteiger charge is 2.56. The topological polar surface area (TPSA) is 102 Å².